The Labute approximate surface area is 67.6 Å². The Bertz CT molecular complexity index is 394. The molecular formula is C8H6FNS. The molecule has 0 unspecified atom stereocenters. The predicted octanol–water partition coefficient (Wildman–Crippen LogP) is 2.74. The molecule has 1 aromatic heterocycles. The van der Waals surface area contributed by atoms with Gasteiger partial charge in [-0.2, -0.15) is 4.37 Å². The maximum absolute atomic E-state index is 13.2. The van der Waals surface area contributed by atoms with Crippen molar-refractivity contribution in [2.75, 3.05) is 0 Å². The minimum Gasteiger partial charge on any atom is -0.206 e. The van der Waals surface area contributed by atoms with Crippen LogP contribution in [-0.2, 0) is 0 Å². The van der Waals surface area contributed by atoms with E-state index in [1.165, 1.54) is 11.5 Å². The lowest BCUT2D eigenvalue weighted by molar-refractivity contribution is 0.631. The molecule has 0 amide bonds. The van der Waals surface area contributed by atoms with Crippen LogP contribution in [0.25, 0.3) is 10.1 Å². The van der Waals surface area contributed by atoms with Gasteiger partial charge in [-0.3, -0.25) is 0 Å². The van der Waals surface area contributed by atoms with Gasteiger partial charge >= 0.3 is 0 Å². The molecule has 0 aliphatic carbocycles. The third-order valence-electron chi connectivity index (χ3n) is 1.67. The van der Waals surface area contributed by atoms with Crippen LogP contribution in [0.2, 0.25) is 0 Å². The van der Waals surface area contributed by atoms with Gasteiger partial charge in [-0.05, 0) is 30.1 Å². The maximum Gasteiger partial charge on any atom is 0.136 e. The third kappa shape index (κ3) is 0.922. The second kappa shape index (κ2) is 2.27. The van der Waals surface area contributed by atoms with E-state index in [1.54, 1.807) is 19.2 Å². The van der Waals surface area contributed by atoms with Gasteiger partial charge in [-0.15, -0.1) is 0 Å². The number of benzene rings is 1. The molecule has 2 aromatic rings. The number of hydrogen-bond acceptors (Lipinski definition) is 2. The molecule has 0 radical (unpaired) electrons. The van der Waals surface area contributed by atoms with Crippen molar-refractivity contribution in [3.8, 4) is 0 Å². The molecule has 1 heterocycles. The highest BCUT2D eigenvalue weighted by Gasteiger charge is 2.04. The van der Waals surface area contributed by atoms with E-state index < -0.39 is 0 Å². The molecule has 2 rings (SSSR count). The van der Waals surface area contributed by atoms with Crippen molar-refractivity contribution < 1.29 is 4.39 Å². The van der Waals surface area contributed by atoms with Gasteiger partial charge in [-0.25, -0.2) is 4.39 Å². The van der Waals surface area contributed by atoms with Crippen molar-refractivity contribution >= 4 is 21.6 Å². The molecule has 3 heteroatoms. The molecule has 1 aromatic carbocycles. The fourth-order valence-corrected chi connectivity index (χ4v) is 1.66. The number of aryl methyl sites for hydroxylation is 1. The quantitative estimate of drug-likeness (QED) is 0.588. The molecule has 0 aliphatic heterocycles. The monoisotopic (exact) mass is 167 g/mol. The first-order valence-electron chi connectivity index (χ1n) is 3.28. The Hall–Kier alpha value is -0.960. The minimum atomic E-state index is -0.142. The Kier molecular flexibility index (Phi) is 1.39. The Balaban J connectivity index is 2.93. The summed E-state index contributed by atoms with van der Waals surface area (Å²) in [5.41, 5.74) is 0.678. The van der Waals surface area contributed by atoms with Gasteiger partial charge in [0.15, 0.2) is 0 Å². The van der Waals surface area contributed by atoms with Gasteiger partial charge in [0, 0.05) is 5.39 Å². The van der Waals surface area contributed by atoms with Crippen molar-refractivity contribution in [2.45, 2.75) is 6.92 Å². The highest BCUT2D eigenvalue weighted by molar-refractivity contribution is 7.13. The number of halogens is 1. The highest BCUT2D eigenvalue weighted by atomic mass is 32.1. The molecule has 0 saturated heterocycles. The average molecular weight is 167 g/mol. The van der Waals surface area contributed by atoms with Crippen LogP contribution in [0.1, 0.15) is 5.56 Å². The molecule has 0 fully saturated rings. The summed E-state index contributed by atoms with van der Waals surface area (Å²) in [6, 6.07) is 3.67. The van der Waals surface area contributed by atoms with Crippen LogP contribution in [0.15, 0.2) is 18.3 Å². The minimum absolute atomic E-state index is 0.142. The summed E-state index contributed by atoms with van der Waals surface area (Å²) >= 11 is 1.32. The molecule has 1 nitrogen and oxygen atoms in total. The molecule has 0 N–H and O–H groups in total. The zero-order valence-electron chi connectivity index (χ0n) is 5.97. The molecular weight excluding hydrogens is 161 g/mol. The van der Waals surface area contributed by atoms with Crippen LogP contribution in [0.5, 0.6) is 0 Å². The summed E-state index contributed by atoms with van der Waals surface area (Å²) in [6.07, 6.45) is 1.57. The van der Waals surface area contributed by atoms with Crippen molar-refractivity contribution in [1.82, 2.24) is 4.37 Å². The van der Waals surface area contributed by atoms with Gasteiger partial charge in [-0.1, -0.05) is 6.07 Å². The molecule has 0 bridgehead atoms. The topological polar surface area (TPSA) is 12.9 Å². The van der Waals surface area contributed by atoms with Gasteiger partial charge in [0.1, 0.15) is 5.82 Å². The highest BCUT2D eigenvalue weighted by Crippen LogP contribution is 2.22. The summed E-state index contributed by atoms with van der Waals surface area (Å²) in [6.45, 7) is 1.76. The van der Waals surface area contributed by atoms with Gasteiger partial charge in [0.2, 0.25) is 0 Å². The molecule has 0 aliphatic rings. The normalized spacial score (nSPS) is 10.7. The van der Waals surface area contributed by atoms with E-state index in [0.717, 1.165) is 4.70 Å². The first kappa shape index (κ1) is 6.73. The fourth-order valence-electron chi connectivity index (χ4n) is 1.02. The molecule has 0 saturated carbocycles. The van der Waals surface area contributed by atoms with E-state index in [2.05, 4.69) is 4.37 Å². The smallest absolute Gasteiger partial charge is 0.136 e. The zero-order valence-corrected chi connectivity index (χ0v) is 6.78. The number of nitrogens with zero attached hydrogens (tertiary/aromatic N) is 1. The number of hydrogen-bond donors (Lipinski definition) is 0. The van der Waals surface area contributed by atoms with E-state index >= 15 is 0 Å². The summed E-state index contributed by atoms with van der Waals surface area (Å²) in [5.74, 6) is -0.142. The Morgan fingerprint density at radius 3 is 3.09 bits per heavy atom. The summed E-state index contributed by atoms with van der Waals surface area (Å²) in [4.78, 5) is 0. The van der Waals surface area contributed by atoms with Crippen LogP contribution < -0.4 is 0 Å². The van der Waals surface area contributed by atoms with Crippen molar-refractivity contribution in [1.29, 1.82) is 0 Å². The number of fused-ring (bicyclic) bond motifs is 1. The molecule has 11 heavy (non-hydrogen) atoms. The fraction of sp³-hybridized carbons (Fsp3) is 0.125. The summed E-state index contributed by atoms with van der Waals surface area (Å²) in [5, 5.41) is 0.634. The van der Waals surface area contributed by atoms with Crippen LogP contribution in [0.3, 0.4) is 0 Å². The lowest BCUT2D eigenvalue weighted by Crippen LogP contribution is -1.79. The van der Waals surface area contributed by atoms with Crippen LogP contribution in [-0.4, -0.2) is 4.37 Å². The second-order valence-corrected chi connectivity index (χ2v) is 3.27. The largest absolute Gasteiger partial charge is 0.206 e. The van der Waals surface area contributed by atoms with E-state index in [1.807, 2.05) is 6.07 Å². The van der Waals surface area contributed by atoms with E-state index in [4.69, 9.17) is 0 Å². The van der Waals surface area contributed by atoms with Crippen molar-refractivity contribution in [3.05, 3.63) is 29.7 Å². The van der Waals surface area contributed by atoms with Gasteiger partial charge in [0.25, 0.3) is 0 Å². The SMILES string of the molecule is Cc1ccc2sncc2c1F. The standard InChI is InChI=1S/C8H6FNS/c1-5-2-3-7-6(8(5)9)4-10-11-7/h2-4H,1H3. The summed E-state index contributed by atoms with van der Waals surface area (Å²) in [7, 11) is 0. The van der Waals surface area contributed by atoms with E-state index in [0.29, 0.717) is 10.9 Å². The van der Waals surface area contributed by atoms with Crippen LogP contribution in [0, 0.1) is 12.7 Å². The van der Waals surface area contributed by atoms with Gasteiger partial charge in [0.05, 0.1) is 10.9 Å². The van der Waals surface area contributed by atoms with Gasteiger partial charge < -0.3 is 0 Å². The Morgan fingerprint density at radius 2 is 2.27 bits per heavy atom. The number of rotatable bonds is 0. The van der Waals surface area contributed by atoms with Crippen LogP contribution >= 0.6 is 11.5 Å². The number of aromatic nitrogens is 1. The lowest BCUT2D eigenvalue weighted by atomic mass is 10.2. The predicted molar refractivity (Wildman–Crippen MR) is 44.3 cm³/mol. The average Bonchev–Trinajstić information content (AvgIpc) is 2.45. The van der Waals surface area contributed by atoms with Crippen molar-refractivity contribution in [3.63, 3.8) is 0 Å². The summed E-state index contributed by atoms with van der Waals surface area (Å²) < 4.78 is 18.0. The first-order chi connectivity index (χ1) is 5.29. The second-order valence-electron chi connectivity index (χ2n) is 2.43. The van der Waals surface area contributed by atoms with Crippen molar-refractivity contribution in [2.24, 2.45) is 0 Å². The lowest BCUT2D eigenvalue weighted by Gasteiger charge is -1.94. The van der Waals surface area contributed by atoms with E-state index in [9.17, 15) is 4.39 Å². The third-order valence-corrected chi connectivity index (χ3v) is 2.43. The maximum atomic E-state index is 13.2. The Morgan fingerprint density at radius 1 is 1.45 bits per heavy atom. The molecule has 56 valence electrons. The van der Waals surface area contributed by atoms with Crippen LogP contribution in [0.4, 0.5) is 4.39 Å². The molecule has 0 spiro atoms. The molecule has 0 atom stereocenters. The zero-order chi connectivity index (χ0) is 7.84. The van der Waals surface area contributed by atoms with E-state index in [-0.39, 0.29) is 5.82 Å². The first-order valence-corrected chi connectivity index (χ1v) is 4.06.